The average Bonchev–Trinajstić information content (AvgIpc) is 3.08. The average molecular weight is 345 g/mol. The molecule has 0 atom stereocenters. The molecule has 2 aromatic carbocycles. The van der Waals surface area contributed by atoms with Crippen LogP contribution in [-0.2, 0) is 6.61 Å². The van der Waals surface area contributed by atoms with E-state index in [1.807, 2.05) is 62.4 Å². The molecule has 0 unspecified atom stereocenters. The Hall–Kier alpha value is -3.25. The first-order chi connectivity index (χ1) is 12.7. The van der Waals surface area contributed by atoms with Gasteiger partial charge in [0.2, 0.25) is 0 Å². The van der Waals surface area contributed by atoms with E-state index < -0.39 is 0 Å². The molecule has 0 radical (unpaired) electrons. The predicted molar refractivity (Wildman–Crippen MR) is 102 cm³/mol. The van der Waals surface area contributed by atoms with E-state index in [1.54, 1.807) is 0 Å². The molecule has 0 saturated carbocycles. The molecule has 2 aromatic heterocycles. The standard InChI is InChI=1S/C20H19N5O/c1-12-10-17(25-24-12)21-20-16-9-8-15(11-26)13(2)18(16)22-19(23-20)14-6-4-3-5-7-14/h3-10,26H,11H2,1-2H3,(H2,21,22,23,24,25). The topological polar surface area (TPSA) is 86.7 Å². The van der Waals surface area contributed by atoms with Crippen molar-refractivity contribution >= 4 is 22.5 Å². The molecule has 130 valence electrons. The van der Waals surface area contributed by atoms with Gasteiger partial charge >= 0.3 is 0 Å². The zero-order chi connectivity index (χ0) is 18.1. The van der Waals surface area contributed by atoms with Crippen LogP contribution in [0.4, 0.5) is 11.6 Å². The van der Waals surface area contributed by atoms with Crippen LogP contribution in [0.15, 0.2) is 48.5 Å². The summed E-state index contributed by atoms with van der Waals surface area (Å²) in [5, 5.41) is 20.9. The van der Waals surface area contributed by atoms with Crippen molar-refractivity contribution in [2.24, 2.45) is 0 Å². The number of hydrogen-bond donors (Lipinski definition) is 3. The molecule has 0 aliphatic carbocycles. The lowest BCUT2D eigenvalue weighted by Crippen LogP contribution is -2.02. The van der Waals surface area contributed by atoms with E-state index in [9.17, 15) is 5.11 Å². The summed E-state index contributed by atoms with van der Waals surface area (Å²) in [6.07, 6.45) is 0. The lowest BCUT2D eigenvalue weighted by atomic mass is 10.0. The first-order valence-corrected chi connectivity index (χ1v) is 8.41. The summed E-state index contributed by atoms with van der Waals surface area (Å²) in [5.74, 6) is 2.02. The number of aliphatic hydroxyl groups is 1. The van der Waals surface area contributed by atoms with Crippen LogP contribution in [0.5, 0.6) is 0 Å². The van der Waals surface area contributed by atoms with E-state index >= 15 is 0 Å². The molecule has 26 heavy (non-hydrogen) atoms. The highest BCUT2D eigenvalue weighted by molar-refractivity contribution is 5.94. The van der Waals surface area contributed by atoms with Crippen LogP contribution in [0, 0.1) is 13.8 Å². The zero-order valence-corrected chi connectivity index (χ0v) is 14.6. The molecule has 0 amide bonds. The Labute approximate surface area is 151 Å². The smallest absolute Gasteiger partial charge is 0.162 e. The SMILES string of the molecule is Cc1cc(Nc2nc(-c3ccccc3)nc3c(C)c(CO)ccc23)n[nH]1. The number of nitrogens with zero attached hydrogens (tertiary/aromatic N) is 3. The summed E-state index contributed by atoms with van der Waals surface area (Å²) in [4.78, 5) is 9.50. The van der Waals surface area contributed by atoms with Gasteiger partial charge in [0.25, 0.3) is 0 Å². The minimum absolute atomic E-state index is 0.0201. The third-order valence-corrected chi connectivity index (χ3v) is 4.39. The molecule has 0 aliphatic rings. The largest absolute Gasteiger partial charge is 0.392 e. The Bertz CT molecular complexity index is 1070. The number of nitrogens with one attached hydrogen (secondary N) is 2. The van der Waals surface area contributed by atoms with Crippen molar-refractivity contribution in [2.45, 2.75) is 20.5 Å². The van der Waals surface area contributed by atoms with E-state index in [-0.39, 0.29) is 6.61 Å². The maximum atomic E-state index is 9.60. The van der Waals surface area contributed by atoms with Gasteiger partial charge in [0.15, 0.2) is 11.6 Å². The highest BCUT2D eigenvalue weighted by Gasteiger charge is 2.14. The number of aromatic amines is 1. The molecule has 0 spiro atoms. The highest BCUT2D eigenvalue weighted by Crippen LogP contribution is 2.30. The van der Waals surface area contributed by atoms with E-state index in [0.717, 1.165) is 33.3 Å². The molecule has 0 bridgehead atoms. The second kappa shape index (κ2) is 6.57. The molecule has 3 N–H and O–H groups in total. The number of H-pyrrole nitrogens is 1. The first kappa shape index (κ1) is 16.2. The fourth-order valence-corrected chi connectivity index (χ4v) is 2.96. The molecule has 6 nitrogen and oxygen atoms in total. The van der Waals surface area contributed by atoms with Crippen LogP contribution in [-0.4, -0.2) is 25.3 Å². The third-order valence-electron chi connectivity index (χ3n) is 4.39. The fraction of sp³-hybridized carbons (Fsp3) is 0.150. The van der Waals surface area contributed by atoms with Gasteiger partial charge in [-0.2, -0.15) is 5.10 Å². The molecular weight excluding hydrogens is 326 g/mol. The van der Waals surface area contributed by atoms with Crippen molar-refractivity contribution < 1.29 is 5.11 Å². The molecule has 4 rings (SSSR count). The first-order valence-electron chi connectivity index (χ1n) is 8.41. The molecule has 6 heteroatoms. The van der Waals surface area contributed by atoms with Gasteiger partial charge < -0.3 is 10.4 Å². The number of hydrogen-bond acceptors (Lipinski definition) is 5. The summed E-state index contributed by atoms with van der Waals surface area (Å²) in [6.45, 7) is 3.90. The fourth-order valence-electron chi connectivity index (χ4n) is 2.96. The Kier molecular flexibility index (Phi) is 4.10. The number of fused-ring (bicyclic) bond motifs is 1. The summed E-state index contributed by atoms with van der Waals surface area (Å²) in [7, 11) is 0. The lowest BCUT2D eigenvalue weighted by molar-refractivity contribution is 0.281. The normalized spacial score (nSPS) is 11.0. The van der Waals surface area contributed by atoms with Gasteiger partial charge in [0.1, 0.15) is 5.82 Å². The van der Waals surface area contributed by atoms with E-state index in [0.29, 0.717) is 17.5 Å². The molecule has 0 saturated heterocycles. The summed E-state index contributed by atoms with van der Waals surface area (Å²) in [6, 6.07) is 15.6. The van der Waals surface area contributed by atoms with Crippen molar-refractivity contribution in [1.82, 2.24) is 20.2 Å². The van der Waals surface area contributed by atoms with Crippen LogP contribution in [0.3, 0.4) is 0 Å². The molecular formula is C20H19N5O. The number of benzene rings is 2. The minimum Gasteiger partial charge on any atom is -0.392 e. The van der Waals surface area contributed by atoms with E-state index in [4.69, 9.17) is 9.97 Å². The predicted octanol–water partition coefficient (Wildman–Crippen LogP) is 3.87. The Morgan fingerprint density at radius 3 is 2.54 bits per heavy atom. The van der Waals surface area contributed by atoms with Crippen LogP contribution >= 0.6 is 0 Å². The second-order valence-electron chi connectivity index (χ2n) is 6.23. The maximum Gasteiger partial charge on any atom is 0.162 e. The Balaban J connectivity index is 1.94. The monoisotopic (exact) mass is 345 g/mol. The summed E-state index contributed by atoms with van der Waals surface area (Å²) >= 11 is 0. The van der Waals surface area contributed by atoms with Crippen LogP contribution in [0.25, 0.3) is 22.3 Å². The van der Waals surface area contributed by atoms with Crippen molar-refractivity contribution in [3.05, 3.63) is 65.4 Å². The van der Waals surface area contributed by atoms with Crippen LogP contribution in [0.1, 0.15) is 16.8 Å². The number of anilines is 2. The molecule has 2 heterocycles. The van der Waals surface area contributed by atoms with Gasteiger partial charge in [-0.1, -0.05) is 36.4 Å². The number of aromatic nitrogens is 4. The molecule has 4 aromatic rings. The van der Waals surface area contributed by atoms with Crippen molar-refractivity contribution in [2.75, 3.05) is 5.32 Å². The Morgan fingerprint density at radius 1 is 1.04 bits per heavy atom. The summed E-state index contributed by atoms with van der Waals surface area (Å²) < 4.78 is 0. The lowest BCUT2D eigenvalue weighted by Gasteiger charge is -2.13. The number of rotatable bonds is 4. The van der Waals surface area contributed by atoms with Crippen molar-refractivity contribution in [3.63, 3.8) is 0 Å². The highest BCUT2D eigenvalue weighted by atomic mass is 16.3. The van der Waals surface area contributed by atoms with Crippen molar-refractivity contribution in [1.29, 1.82) is 0 Å². The van der Waals surface area contributed by atoms with Gasteiger partial charge in [-0.25, -0.2) is 9.97 Å². The number of aliphatic hydroxyl groups excluding tert-OH is 1. The van der Waals surface area contributed by atoms with Gasteiger partial charge in [-0.15, -0.1) is 0 Å². The third kappa shape index (κ3) is 2.91. The van der Waals surface area contributed by atoms with Crippen LogP contribution < -0.4 is 5.32 Å². The van der Waals surface area contributed by atoms with Crippen LogP contribution in [0.2, 0.25) is 0 Å². The van der Waals surface area contributed by atoms with Gasteiger partial charge in [0.05, 0.1) is 12.1 Å². The second-order valence-corrected chi connectivity index (χ2v) is 6.23. The molecule has 0 fully saturated rings. The minimum atomic E-state index is -0.0201. The zero-order valence-electron chi connectivity index (χ0n) is 14.6. The van der Waals surface area contributed by atoms with Gasteiger partial charge in [-0.05, 0) is 31.0 Å². The summed E-state index contributed by atoms with van der Waals surface area (Å²) in [5.41, 5.74) is 4.53. The van der Waals surface area contributed by atoms with Gasteiger partial charge in [-0.3, -0.25) is 5.10 Å². The molecule has 0 aliphatic heterocycles. The van der Waals surface area contributed by atoms with E-state index in [2.05, 4.69) is 15.5 Å². The van der Waals surface area contributed by atoms with Gasteiger partial charge in [0, 0.05) is 22.7 Å². The quantitative estimate of drug-likeness (QED) is 0.523. The van der Waals surface area contributed by atoms with Crippen molar-refractivity contribution in [3.8, 4) is 11.4 Å². The number of aryl methyl sites for hydroxylation is 2. The Morgan fingerprint density at radius 2 is 1.85 bits per heavy atom. The maximum absolute atomic E-state index is 9.60. The van der Waals surface area contributed by atoms with E-state index in [1.165, 1.54) is 0 Å².